The van der Waals surface area contributed by atoms with Crippen molar-refractivity contribution < 1.29 is 5.11 Å². The Kier molecular flexibility index (Phi) is 8.03. The molecule has 3 N–H and O–H groups in total. The number of phenolic OH excluding ortho intramolecular Hbond substituents is 1. The highest BCUT2D eigenvalue weighted by atomic mass is 32.1. The maximum Gasteiger partial charge on any atom is 0.186 e. The van der Waals surface area contributed by atoms with Crippen LogP contribution < -0.4 is 10.7 Å². The van der Waals surface area contributed by atoms with Crippen LogP contribution in [0.5, 0.6) is 5.75 Å². The Morgan fingerprint density at radius 3 is 2.26 bits per heavy atom. The molecule has 1 aromatic carbocycles. The third-order valence-corrected chi connectivity index (χ3v) is 4.87. The average molecular weight is 435 g/mol. The molecule has 0 aliphatic heterocycles. The van der Waals surface area contributed by atoms with Crippen molar-refractivity contribution in [2.45, 2.75) is 26.6 Å². The fourth-order valence-electron chi connectivity index (χ4n) is 3.17. The van der Waals surface area contributed by atoms with Crippen molar-refractivity contribution in [1.82, 2.24) is 25.6 Å². The summed E-state index contributed by atoms with van der Waals surface area (Å²) in [5.41, 5.74) is 7.08. The number of nitrogens with zero attached hydrogens (tertiary/aromatic N) is 4. The number of pyridine rings is 2. The van der Waals surface area contributed by atoms with E-state index in [1.165, 1.54) is 0 Å². The molecule has 0 fully saturated rings. The first kappa shape index (κ1) is 22.3. The van der Waals surface area contributed by atoms with E-state index in [4.69, 9.17) is 12.2 Å². The van der Waals surface area contributed by atoms with Gasteiger partial charge in [-0.05, 0) is 55.0 Å². The molecule has 0 atom stereocenters. The van der Waals surface area contributed by atoms with Crippen LogP contribution in [0.2, 0.25) is 0 Å². The molecule has 8 heteroatoms. The highest BCUT2D eigenvalue weighted by Crippen LogP contribution is 2.26. The molecule has 2 aromatic heterocycles. The fraction of sp³-hybridized carbons (Fsp3) is 0.217. The quantitative estimate of drug-likeness (QED) is 0.285. The van der Waals surface area contributed by atoms with Crippen molar-refractivity contribution >= 4 is 23.5 Å². The Hall–Kier alpha value is -3.36. The number of hydrogen-bond donors (Lipinski definition) is 3. The van der Waals surface area contributed by atoms with Crippen LogP contribution in [0.1, 0.15) is 28.1 Å². The number of hydrogen-bond acceptors (Lipinski definition) is 6. The molecular weight excluding hydrogens is 408 g/mol. The van der Waals surface area contributed by atoms with Crippen LogP contribution in [0, 0.1) is 6.92 Å². The summed E-state index contributed by atoms with van der Waals surface area (Å²) in [6, 6.07) is 15.6. The number of nitrogens with one attached hydrogen (secondary N) is 2. The van der Waals surface area contributed by atoms with Gasteiger partial charge in [0.2, 0.25) is 0 Å². The molecule has 0 radical (unpaired) electrons. The second-order valence-electron chi connectivity index (χ2n) is 7.10. The predicted octanol–water partition coefficient (Wildman–Crippen LogP) is 3.12. The van der Waals surface area contributed by atoms with Crippen LogP contribution in [0.3, 0.4) is 0 Å². The number of phenols is 1. The zero-order chi connectivity index (χ0) is 22.1. The summed E-state index contributed by atoms with van der Waals surface area (Å²) >= 11 is 5.02. The lowest BCUT2D eigenvalue weighted by atomic mass is 10.0. The Bertz CT molecular complexity index is 985. The minimum atomic E-state index is 0.193. The minimum Gasteiger partial charge on any atom is -0.507 e. The number of aromatic hydroxyl groups is 1. The summed E-state index contributed by atoms with van der Waals surface area (Å²) < 4.78 is 0. The smallest absolute Gasteiger partial charge is 0.186 e. The van der Waals surface area contributed by atoms with Gasteiger partial charge in [-0.3, -0.25) is 20.3 Å². The third kappa shape index (κ3) is 6.84. The molecule has 0 amide bonds. The van der Waals surface area contributed by atoms with E-state index in [0.29, 0.717) is 30.3 Å². The topological polar surface area (TPSA) is 85.7 Å². The van der Waals surface area contributed by atoms with Crippen LogP contribution in [0.4, 0.5) is 0 Å². The number of aryl methyl sites for hydroxylation is 1. The molecular formula is C23H26N6OS. The molecule has 3 rings (SSSR count). The number of thiocarbonyl (C=S) groups is 1. The van der Waals surface area contributed by atoms with Gasteiger partial charge >= 0.3 is 0 Å². The first-order valence-corrected chi connectivity index (χ1v) is 10.3. The van der Waals surface area contributed by atoms with Gasteiger partial charge < -0.3 is 10.4 Å². The summed E-state index contributed by atoms with van der Waals surface area (Å²) in [7, 11) is 1.71. The molecule has 0 aliphatic rings. The van der Waals surface area contributed by atoms with E-state index in [2.05, 4.69) is 30.7 Å². The van der Waals surface area contributed by atoms with Gasteiger partial charge in [0.1, 0.15) is 5.75 Å². The van der Waals surface area contributed by atoms with Gasteiger partial charge in [-0.25, -0.2) is 0 Å². The van der Waals surface area contributed by atoms with Gasteiger partial charge in [-0.15, -0.1) is 0 Å². The molecule has 0 unspecified atom stereocenters. The SMILES string of the molecule is CNC(=S)N/N=C/c1cc(C)cc(CN(Cc2ccccn2)Cc2ccccn2)c1O. The van der Waals surface area contributed by atoms with Gasteiger partial charge in [0.15, 0.2) is 5.11 Å². The lowest BCUT2D eigenvalue weighted by Crippen LogP contribution is -2.28. The van der Waals surface area contributed by atoms with Crippen LogP contribution >= 0.6 is 12.2 Å². The first-order valence-electron chi connectivity index (χ1n) is 9.90. The first-order chi connectivity index (χ1) is 15.0. The van der Waals surface area contributed by atoms with Crippen LogP contribution in [0.15, 0.2) is 66.0 Å². The molecule has 0 bridgehead atoms. The Morgan fingerprint density at radius 1 is 1.06 bits per heavy atom. The zero-order valence-electron chi connectivity index (χ0n) is 17.6. The van der Waals surface area contributed by atoms with Gasteiger partial charge in [0, 0.05) is 50.2 Å². The van der Waals surface area contributed by atoms with Gasteiger partial charge in [-0.1, -0.05) is 18.2 Å². The van der Waals surface area contributed by atoms with E-state index < -0.39 is 0 Å². The standard InChI is InChI=1S/C23H26N6OS/c1-17-11-18(13-27-28-23(31)24-2)22(30)19(12-17)14-29(15-20-7-3-5-9-25-20)16-21-8-4-6-10-26-21/h3-13,30H,14-16H2,1-2H3,(H2,24,28,31)/b27-13+. The number of aromatic nitrogens is 2. The number of benzene rings is 1. The lowest BCUT2D eigenvalue weighted by molar-refractivity contribution is 0.238. The highest BCUT2D eigenvalue weighted by Gasteiger charge is 2.14. The molecule has 0 saturated carbocycles. The minimum absolute atomic E-state index is 0.193. The van der Waals surface area contributed by atoms with Gasteiger partial charge in [0.05, 0.1) is 17.6 Å². The summed E-state index contributed by atoms with van der Waals surface area (Å²) in [6.45, 7) is 3.79. The molecule has 7 nitrogen and oxygen atoms in total. The van der Waals surface area contributed by atoms with E-state index in [0.717, 1.165) is 22.5 Å². The molecule has 2 heterocycles. The molecule has 0 saturated heterocycles. The predicted molar refractivity (Wildman–Crippen MR) is 127 cm³/mol. The maximum absolute atomic E-state index is 10.9. The van der Waals surface area contributed by atoms with Crippen molar-refractivity contribution in [3.05, 3.63) is 89.0 Å². The highest BCUT2D eigenvalue weighted by molar-refractivity contribution is 7.80. The second kappa shape index (κ2) is 11.1. The number of rotatable bonds is 8. The Labute approximate surface area is 187 Å². The van der Waals surface area contributed by atoms with Crippen molar-refractivity contribution in [2.24, 2.45) is 5.10 Å². The van der Waals surface area contributed by atoms with Crippen molar-refractivity contribution in [3.8, 4) is 5.75 Å². The van der Waals surface area contributed by atoms with Crippen molar-refractivity contribution in [2.75, 3.05) is 7.05 Å². The fourth-order valence-corrected chi connectivity index (χ4v) is 3.22. The molecule has 160 valence electrons. The van der Waals surface area contributed by atoms with Gasteiger partial charge in [-0.2, -0.15) is 5.10 Å². The largest absolute Gasteiger partial charge is 0.507 e. The summed E-state index contributed by atoms with van der Waals surface area (Å²) in [4.78, 5) is 11.1. The molecule has 0 aliphatic carbocycles. The average Bonchev–Trinajstić information content (AvgIpc) is 2.78. The Balaban J connectivity index is 1.84. The Morgan fingerprint density at radius 2 is 1.71 bits per heavy atom. The van der Waals surface area contributed by atoms with E-state index in [9.17, 15) is 5.11 Å². The van der Waals surface area contributed by atoms with E-state index >= 15 is 0 Å². The van der Waals surface area contributed by atoms with Crippen LogP contribution in [0.25, 0.3) is 0 Å². The molecule has 0 spiro atoms. The zero-order valence-corrected chi connectivity index (χ0v) is 18.4. The van der Waals surface area contributed by atoms with Crippen molar-refractivity contribution in [1.29, 1.82) is 0 Å². The summed E-state index contributed by atoms with van der Waals surface area (Å²) in [5, 5.41) is 18.2. The lowest BCUT2D eigenvalue weighted by Gasteiger charge is -2.23. The summed E-state index contributed by atoms with van der Waals surface area (Å²) in [5.74, 6) is 0.193. The van der Waals surface area contributed by atoms with E-state index in [1.54, 1.807) is 25.7 Å². The maximum atomic E-state index is 10.9. The molecule has 3 aromatic rings. The molecule has 31 heavy (non-hydrogen) atoms. The van der Waals surface area contributed by atoms with Crippen molar-refractivity contribution in [3.63, 3.8) is 0 Å². The normalized spacial score (nSPS) is 11.1. The third-order valence-electron chi connectivity index (χ3n) is 4.58. The van der Waals surface area contributed by atoms with E-state index in [-0.39, 0.29) is 5.75 Å². The second-order valence-corrected chi connectivity index (χ2v) is 7.51. The number of hydrazone groups is 1. The van der Waals surface area contributed by atoms with E-state index in [1.807, 2.05) is 55.5 Å². The van der Waals surface area contributed by atoms with Gasteiger partial charge in [0.25, 0.3) is 0 Å². The van der Waals surface area contributed by atoms with Crippen LogP contribution in [-0.2, 0) is 19.6 Å². The van der Waals surface area contributed by atoms with Crippen LogP contribution in [-0.4, -0.2) is 38.3 Å². The summed E-state index contributed by atoms with van der Waals surface area (Å²) in [6.07, 6.45) is 5.14. The monoisotopic (exact) mass is 434 g/mol.